The van der Waals surface area contributed by atoms with Crippen molar-refractivity contribution in [2.45, 2.75) is 423 Å². The first-order chi connectivity index (χ1) is 52.6. The molecule has 0 N–H and O–H groups in total. The minimum atomic E-state index is -4.82. The van der Waals surface area contributed by atoms with Crippen LogP contribution < -0.4 is 0 Å². The van der Waals surface area contributed by atoms with E-state index in [2.05, 4.69) is 76.3 Å². The van der Waals surface area contributed by atoms with Gasteiger partial charge in [-0.05, 0) is 139 Å². The molecule has 0 fully saturated rings. The van der Waals surface area contributed by atoms with Gasteiger partial charge in [-0.3, -0.25) is 0 Å². The number of allylic oxidation sites excluding steroid dienone is 8. The fourth-order valence-electron chi connectivity index (χ4n) is 13.1. The van der Waals surface area contributed by atoms with Crippen LogP contribution in [0.4, 0.5) is 0 Å². The van der Waals surface area contributed by atoms with E-state index < -0.39 is 53.9 Å². The number of rotatable bonds is 74. The summed E-state index contributed by atoms with van der Waals surface area (Å²) in [6.45, 7) is 9.65. The van der Waals surface area contributed by atoms with Crippen molar-refractivity contribution >= 4 is 81.9 Å². The van der Waals surface area contributed by atoms with Gasteiger partial charge in [0.1, 0.15) is 20.2 Å². The fraction of sp³-hybridized carbons (Fsp3) is 0.739. The van der Waals surface area contributed by atoms with E-state index in [9.17, 15) is 45.1 Å². The fourth-order valence-corrected chi connectivity index (χ4v) is 14.1. The van der Waals surface area contributed by atoms with E-state index >= 15 is 0 Å². The zero-order valence-electron chi connectivity index (χ0n) is 69.6. The summed E-state index contributed by atoms with van der Waals surface area (Å²) < 4.78 is 91.6. The number of carbonyl (C=O) groups excluding carboxylic acids is 4. The molecular weight excluding hydrogens is 1430 g/mol. The van der Waals surface area contributed by atoms with E-state index in [0.29, 0.717) is 25.7 Å². The first-order valence-corrected chi connectivity index (χ1v) is 46.9. The van der Waals surface area contributed by atoms with Crippen LogP contribution >= 0.6 is 0 Å². The van der Waals surface area contributed by atoms with Crippen molar-refractivity contribution in [2.75, 3.05) is 26.4 Å². The second-order valence-corrected chi connectivity index (χ2v) is 32.8. The minimum Gasteiger partial charge on any atom is -0.744 e. The van der Waals surface area contributed by atoms with Gasteiger partial charge >= 0.3 is 61.6 Å². The van der Waals surface area contributed by atoms with Crippen LogP contribution in [0, 0.1) is 0 Å². The summed E-state index contributed by atoms with van der Waals surface area (Å²) in [7, 11) is -9.63. The van der Waals surface area contributed by atoms with Gasteiger partial charge in [0, 0.05) is 0 Å². The van der Waals surface area contributed by atoms with Crippen LogP contribution in [0.15, 0.2) is 94.8 Å². The van der Waals surface area contributed by atoms with Gasteiger partial charge in [-0.25, -0.2) is 36.0 Å². The van der Waals surface area contributed by atoms with Crippen LogP contribution in [0.3, 0.4) is 0 Å². The van der Waals surface area contributed by atoms with Crippen molar-refractivity contribution in [3.63, 3.8) is 0 Å². The molecule has 0 saturated heterocycles. The summed E-state index contributed by atoms with van der Waals surface area (Å²) in [5, 5.41) is 0. The molecule has 0 amide bonds. The monoisotopic (exact) mass is 1590 g/mol. The third-order valence-corrected chi connectivity index (χ3v) is 21.7. The molecule has 0 radical (unpaired) electrons. The van der Waals surface area contributed by atoms with Crippen LogP contribution in [0.5, 0.6) is 0 Å². The second-order valence-electron chi connectivity index (χ2n) is 30.0. The van der Waals surface area contributed by atoms with E-state index in [1.807, 2.05) is 0 Å². The Balaban J connectivity index is 0.00000212. The Bertz CT molecular complexity index is 2670. The summed E-state index contributed by atoms with van der Waals surface area (Å²) in [6, 6.07) is 6.28. The van der Waals surface area contributed by atoms with Crippen molar-refractivity contribution in [2.24, 2.45) is 0 Å². The van der Waals surface area contributed by atoms with Gasteiger partial charge in [0.25, 0.3) is 0 Å². The predicted octanol–water partition coefficient (Wildman–Crippen LogP) is 27.1. The molecule has 0 heterocycles. The van der Waals surface area contributed by atoms with Crippen LogP contribution in [-0.2, 0) is 39.2 Å². The summed E-state index contributed by atoms with van der Waals surface area (Å²) in [5.74, 6) is -3.09. The van der Waals surface area contributed by atoms with Gasteiger partial charge < -0.3 is 28.1 Å². The van der Waals surface area contributed by atoms with Crippen molar-refractivity contribution in [1.82, 2.24) is 0 Å². The van der Waals surface area contributed by atoms with Crippen LogP contribution in [0.1, 0.15) is 454 Å². The normalized spacial score (nSPS) is 11.8. The third-order valence-electron chi connectivity index (χ3n) is 20.0. The molecule has 0 spiro atoms. The van der Waals surface area contributed by atoms with Gasteiger partial charge in [-0.15, -0.1) is 0 Å². The van der Waals surface area contributed by atoms with Gasteiger partial charge in [-0.1, -0.05) is 359 Å². The van der Waals surface area contributed by atoms with Crippen molar-refractivity contribution in [1.29, 1.82) is 0 Å². The molecule has 2 aromatic carbocycles. The van der Waals surface area contributed by atoms with Crippen LogP contribution in [0.2, 0.25) is 0 Å². The van der Waals surface area contributed by atoms with E-state index in [4.69, 9.17) is 18.9 Å². The molecule has 2 aromatic rings. The number of esters is 4. The van der Waals surface area contributed by atoms with Crippen molar-refractivity contribution < 1.29 is 64.1 Å². The van der Waals surface area contributed by atoms with E-state index in [1.54, 1.807) is 0 Å². The molecule has 0 aliphatic carbocycles. The number of benzene rings is 2. The molecule has 0 saturated carbocycles. The largest absolute Gasteiger partial charge is 2.00 e. The Morgan fingerprint density at radius 1 is 0.248 bits per heavy atom. The molecular formula is C92H154CaO14S2. The molecule has 14 nitrogen and oxygen atoms in total. The number of hydrogen-bond acceptors (Lipinski definition) is 14. The number of carbonyl (C=O) groups is 4. The molecule has 0 unspecified atom stereocenters. The molecule has 0 aliphatic rings. The second kappa shape index (κ2) is 77.0. The Morgan fingerprint density at radius 2 is 0.404 bits per heavy atom. The first-order valence-electron chi connectivity index (χ1n) is 44.1. The smallest absolute Gasteiger partial charge is 0.744 e. The van der Waals surface area contributed by atoms with Crippen LogP contribution in [0.25, 0.3) is 0 Å². The number of unbranched alkanes of at least 4 members (excludes halogenated alkanes) is 52. The van der Waals surface area contributed by atoms with E-state index in [1.165, 1.54) is 295 Å². The maximum atomic E-state index is 12.9. The predicted molar refractivity (Wildman–Crippen MR) is 452 cm³/mol. The molecule has 17 heteroatoms. The quantitative estimate of drug-likeness (QED) is 0.0150. The van der Waals surface area contributed by atoms with Gasteiger partial charge in [0.05, 0.1) is 58.5 Å². The Hall–Kier alpha value is -3.64. The SMILES string of the molecule is CCCC/C=C/CCCCCCCCCCCCCOC(=O)c1ccc(S(=O)(=O)[O-])cc1C(=O)OCCCCCCCCCCCCC/C=C/CCCC.CCCC/C=C/CCCCCCCCCCCCCOC(=O)c1ccc(S(=O)(=O)[O-])cc1C(=O)OCCCCCCCCCCCCC/C=C/CCCC.[Ca+2]. The van der Waals surface area contributed by atoms with Gasteiger partial charge in [-0.2, -0.15) is 0 Å². The summed E-state index contributed by atoms with van der Waals surface area (Å²) in [6.07, 6.45) is 89.9. The number of hydrogen-bond donors (Lipinski definition) is 0. The first kappa shape index (κ1) is 105. The standard InChI is InChI=1S/2C46H78O7S.Ca/c2*1-3-5-7-9-11-13-15-17-19-21-23-25-27-29-31-33-35-39-52-45(47)43-38-37-42(54(49,50)51)41-44(43)46(48)53-40-36-34-32-30-28-26-24-22-20-18-16-14-12-10-8-6-4-2;/h2*9-12,37-38,41H,3-8,13-36,39-40H2,1-2H3,(H,49,50,51);/q;;+2/p-2/b2*11-9+,12-10+;. The molecule has 0 aromatic heterocycles. The average molecular weight is 1590 g/mol. The van der Waals surface area contributed by atoms with Crippen molar-refractivity contribution in [3.8, 4) is 0 Å². The molecule has 2 rings (SSSR count). The third kappa shape index (κ3) is 64.3. The maximum absolute atomic E-state index is 12.9. The zero-order chi connectivity index (χ0) is 78.8. The summed E-state index contributed by atoms with van der Waals surface area (Å²) in [5.41, 5.74) is -0.676. The average Bonchev–Trinajstić information content (AvgIpc) is 0.815. The van der Waals surface area contributed by atoms with Crippen LogP contribution in [-0.4, -0.2) is 114 Å². The van der Waals surface area contributed by atoms with Crippen molar-refractivity contribution in [3.05, 3.63) is 107 Å². The summed E-state index contributed by atoms with van der Waals surface area (Å²) >= 11 is 0. The zero-order valence-corrected chi connectivity index (χ0v) is 73.4. The minimum absolute atomic E-state index is 0. The maximum Gasteiger partial charge on any atom is 2.00 e. The Labute approximate surface area is 696 Å². The summed E-state index contributed by atoms with van der Waals surface area (Å²) in [4.78, 5) is 50.5. The van der Waals surface area contributed by atoms with E-state index in [0.717, 1.165) is 101 Å². The Morgan fingerprint density at radius 3 is 0.578 bits per heavy atom. The molecule has 0 bridgehead atoms. The van der Waals surface area contributed by atoms with E-state index in [-0.39, 0.29) is 86.4 Å². The van der Waals surface area contributed by atoms with Gasteiger partial charge in [0.15, 0.2) is 0 Å². The Kier molecular flexibility index (Phi) is 74.4. The topological polar surface area (TPSA) is 220 Å². The number of ether oxygens (including phenoxy) is 4. The van der Waals surface area contributed by atoms with Gasteiger partial charge in [0.2, 0.25) is 0 Å². The molecule has 0 atom stereocenters. The molecule has 0 aliphatic heterocycles. The molecule has 620 valence electrons. The molecule has 109 heavy (non-hydrogen) atoms.